The Morgan fingerprint density at radius 3 is 2.79 bits per heavy atom. The topological polar surface area (TPSA) is 69.6 Å². The fourth-order valence-corrected chi connectivity index (χ4v) is 1.79. The number of nitrogens with zero attached hydrogens (tertiary/aromatic N) is 1. The number of hydrogen-bond donors (Lipinski definition) is 2. The molecule has 0 aromatic rings. The number of hydrogen-bond acceptors (Lipinski definition) is 3. The zero-order valence-electron chi connectivity index (χ0n) is 7.90. The molecule has 1 atom stereocenters. The molecule has 1 unspecified atom stereocenters. The monoisotopic (exact) mass is 198 g/mol. The number of carbonyl (C=O) groups is 2. The van der Waals surface area contributed by atoms with Crippen molar-refractivity contribution in [3.8, 4) is 0 Å². The van der Waals surface area contributed by atoms with E-state index in [4.69, 9.17) is 5.11 Å². The van der Waals surface area contributed by atoms with E-state index in [0.29, 0.717) is 25.6 Å². The predicted molar refractivity (Wildman–Crippen MR) is 48.8 cm³/mol. The van der Waals surface area contributed by atoms with E-state index in [9.17, 15) is 9.59 Å². The molecule has 1 heterocycles. The van der Waals surface area contributed by atoms with Crippen LogP contribution < -0.4 is 5.32 Å². The maximum atomic E-state index is 11.2. The molecule has 0 aromatic carbocycles. The molecule has 5 nitrogen and oxygen atoms in total. The fourth-order valence-electron chi connectivity index (χ4n) is 1.79. The van der Waals surface area contributed by atoms with Gasteiger partial charge in [0.05, 0.1) is 0 Å². The smallest absolute Gasteiger partial charge is 0.327 e. The standard InChI is InChI=1S/C9H14N2O3/c12-8-3-4-11(6-1-2-6)5-7(10-8)9(13)14/h6-7H,1-5H2,(H,10,12)(H,13,14). The first kappa shape index (κ1) is 9.45. The van der Waals surface area contributed by atoms with E-state index in [1.165, 1.54) is 0 Å². The van der Waals surface area contributed by atoms with E-state index in [0.717, 1.165) is 12.8 Å². The van der Waals surface area contributed by atoms with Crippen LogP contribution in [0.25, 0.3) is 0 Å². The summed E-state index contributed by atoms with van der Waals surface area (Å²) in [5.41, 5.74) is 0. The number of aliphatic carboxylic acids is 1. The second-order valence-electron chi connectivity index (χ2n) is 3.93. The Morgan fingerprint density at radius 2 is 2.21 bits per heavy atom. The third kappa shape index (κ3) is 2.04. The van der Waals surface area contributed by atoms with Crippen LogP contribution in [-0.4, -0.2) is 47.1 Å². The van der Waals surface area contributed by atoms with Gasteiger partial charge in [-0.1, -0.05) is 0 Å². The minimum absolute atomic E-state index is 0.152. The van der Waals surface area contributed by atoms with Gasteiger partial charge in [-0.15, -0.1) is 0 Å². The molecule has 78 valence electrons. The van der Waals surface area contributed by atoms with Crippen molar-refractivity contribution in [2.45, 2.75) is 31.3 Å². The molecule has 2 aliphatic rings. The largest absolute Gasteiger partial charge is 0.480 e. The molecule has 0 radical (unpaired) electrons. The molecular weight excluding hydrogens is 184 g/mol. The number of carboxylic acid groups (broad SMARTS) is 1. The quantitative estimate of drug-likeness (QED) is 0.623. The Balaban J connectivity index is 2.02. The van der Waals surface area contributed by atoms with E-state index in [-0.39, 0.29) is 5.91 Å². The zero-order chi connectivity index (χ0) is 10.1. The van der Waals surface area contributed by atoms with Crippen molar-refractivity contribution >= 4 is 11.9 Å². The van der Waals surface area contributed by atoms with Crippen molar-refractivity contribution in [1.82, 2.24) is 10.2 Å². The van der Waals surface area contributed by atoms with Gasteiger partial charge in [-0.2, -0.15) is 0 Å². The van der Waals surface area contributed by atoms with Gasteiger partial charge in [0.2, 0.25) is 5.91 Å². The minimum Gasteiger partial charge on any atom is -0.480 e. The second kappa shape index (κ2) is 3.57. The lowest BCUT2D eigenvalue weighted by Gasteiger charge is -2.20. The van der Waals surface area contributed by atoms with Crippen LogP contribution in [0.4, 0.5) is 0 Å². The SMILES string of the molecule is O=C1CCN(C2CC2)CC(C(=O)O)N1. The van der Waals surface area contributed by atoms with Gasteiger partial charge >= 0.3 is 5.97 Å². The summed E-state index contributed by atoms with van der Waals surface area (Å²) >= 11 is 0. The molecule has 1 saturated heterocycles. The molecule has 14 heavy (non-hydrogen) atoms. The van der Waals surface area contributed by atoms with Crippen molar-refractivity contribution in [3.05, 3.63) is 0 Å². The van der Waals surface area contributed by atoms with Crippen LogP contribution in [0.5, 0.6) is 0 Å². The molecule has 0 spiro atoms. The van der Waals surface area contributed by atoms with Gasteiger partial charge in [0.15, 0.2) is 0 Å². The highest BCUT2D eigenvalue weighted by atomic mass is 16.4. The third-order valence-electron chi connectivity index (χ3n) is 2.74. The fraction of sp³-hybridized carbons (Fsp3) is 0.778. The molecule has 1 saturated carbocycles. The summed E-state index contributed by atoms with van der Waals surface area (Å²) < 4.78 is 0. The number of carbonyl (C=O) groups excluding carboxylic acids is 1. The van der Waals surface area contributed by atoms with Crippen LogP contribution in [0.2, 0.25) is 0 Å². The van der Waals surface area contributed by atoms with E-state index in [2.05, 4.69) is 10.2 Å². The first-order valence-electron chi connectivity index (χ1n) is 4.93. The summed E-state index contributed by atoms with van der Waals surface area (Å²) in [5.74, 6) is -1.09. The van der Waals surface area contributed by atoms with E-state index in [1.807, 2.05) is 0 Å². The molecule has 1 aliphatic carbocycles. The van der Waals surface area contributed by atoms with Crippen LogP contribution in [-0.2, 0) is 9.59 Å². The molecule has 2 rings (SSSR count). The molecular formula is C9H14N2O3. The third-order valence-corrected chi connectivity index (χ3v) is 2.74. The van der Waals surface area contributed by atoms with Gasteiger partial charge in [-0.25, -0.2) is 4.79 Å². The Morgan fingerprint density at radius 1 is 1.50 bits per heavy atom. The highest BCUT2D eigenvalue weighted by Gasteiger charge is 2.34. The first-order chi connectivity index (χ1) is 6.66. The van der Waals surface area contributed by atoms with Gasteiger partial charge in [0, 0.05) is 25.6 Å². The zero-order valence-corrected chi connectivity index (χ0v) is 7.90. The van der Waals surface area contributed by atoms with Gasteiger partial charge in [0.25, 0.3) is 0 Å². The minimum atomic E-state index is -0.939. The summed E-state index contributed by atoms with van der Waals surface area (Å²) in [6.45, 7) is 1.14. The molecule has 2 N–H and O–H groups in total. The maximum Gasteiger partial charge on any atom is 0.327 e. The molecule has 1 amide bonds. The van der Waals surface area contributed by atoms with Crippen molar-refractivity contribution in [3.63, 3.8) is 0 Å². The average Bonchev–Trinajstić information content (AvgIpc) is 2.89. The van der Waals surface area contributed by atoms with Crippen molar-refractivity contribution < 1.29 is 14.7 Å². The predicted octanol–water partition coefficient (Wildman–Crippen LogP) is -0.576. The molecule has 0 aromatic heterocycles. The van der Waals surface area contributed by atoms with Gasteiger partial charge in [-0.3, -0.25) is 9.69 Å². The molecule has 1 aliphatic heterocycles. The molecule has 5 heteroatoms. The highest BCUT2D eigenvalue weighted by Crippen LogP contribution is 2.27. The van der Waals surface area contributed by atoms with Crippen LogP contribution in [0.3, 0.4) is 0 Å². The van der Waals surface area contributed by atoms with E-state index >= 15 is 0 Å². The number of carboxylic acids is 1. The second-order valence-corrected chi connectivity index (χ2v) is 3.93. The Kier molecular flexibility index (Phi) is 2.41. The van der Waals surface area contributed by atoms with Gasteiger partial charge < -0.3 is 10.4 Å². The van der Waals surface area contributed by atoms with Crippen LogP contribution in [0.1, 0.15) is 19.3 Å². The summed E-state index contributed by atoms with van der Waals surface area (Å²) in [5, 5.41) is 11.4. The number of amides is 1. The van der Waals surface area contributed by atoms with E-state index < -0.39 is 12.0 Å². The average molecular weight is 198 g/mol. The lowest BCUT2D eigenvalue weighted by atomic mass is 10.3. The Bertz CT molecular complexity index is 263. The lowest BCUT2D eigenvalue weighted by Crippen LogP contribution is -2.45. The van der Waals surface area contributed by atoms with Crippen LogP contribution in [0, 0.1) is 0 Å². The van der Waals surface area contributed by atoms with Gasteiger partial charge in [-0.05, 0) is 12.8 Å². The van der Waals surface area contributed by atoms with Gasteiger partial charge in [0.1, 0.15) is 6.04 Å². The lowest BCUT2D eigenvalue weighted by molar-refractivity contribution is -0.141. The number of nitrogens with one attached hydrogen (secondary N) is 1. The van der Waals surface area contributed by atoms with Crippen molar-refractivity contribution in [1.29, 1.82) is 0 Å². The molecule has 0 bridgehead atoms. The highest BCUT2D eigenvalue weighted by molar-refractivity contribution is 5.84. The molecule has 2 fully saturated rings. The Hall–Kier alpha value is -1.10. The summed E-state index contributed by atoms with van der Waals surface area (Å²) in [6.07, 6.45) is 2.70. The van der Waals surface area contributed by atoms with Crippen molar-refractivity contribution in [2.75, 3.05) is 13.1 Å². The summed E-state index contributed by atoms with van der Waals surface area (Å²) in [7, 11) is 0. The Labute approximate surface area is 82.1 Å². The van der Waals surface area contributed by atoms with Crippen LogP contribution >= 0.6 is 0 Å². The summed E-state index contributed by atoms with van der Waals surface area (Å²) in [4.78, 5) is 24.1. The van der Waals surface area contributed by atoms with Crippen molar-refractivity contribution in [2.24, 2.45) is 0 Å². The summed E-state index contributed by atoms with van der Waals surface area (Å²) in [6, 6.07) is -0.213. The maximum absolute atomic E-state index is 11.2. The van der Waals surface area contributed by atoms with Crippen LogP contribution in [0.15, 0.2) is 0 Å². The first-order valence-corrected chi connectivity index (χ1v) is 4.93. The normalized spacial score (nSPS) is 29.4. The number of rotatable bonds is 2. The van der Waals surface area contributed by atoms with E-state index in [1.54, 1.807) is 0 Å².